The molecule has 1 atom stereocenters. The fraction of sp³-hybridized carbons (Fsp3) is 0.158. The molecule has 0 aliphatic carbocycles. The van der Waals surface area contributed by atoms with Crippen LogP contribution in [0.2, 0.25) is 0 Å². The lowest BCUT2D eigenvalue weighted by Gasteiger charge is -2.16. The van der Waals surface area contributed by atoms with Crippen molar-refractivity contribution >= 4 is 18.0 Å². The van der Waals surface area contributed by atoms with E-state index < -0.39 is 17.9 Å². The first kappa shape index (κ1) is 18.9. The molecule has 0 radical (unpaired) electrons. The summed E-state index contributed by atoms with van der Waals surface area (Å²) in [5, 5.41) is 30.8. The summed E-state index contributed by atoms with van der Waals surface area (Å²) in [7, 11) is 1.21. The maximum absolute atomic E-state index is 12.1. The number of benzene rings is 2. The lowest BCUT2D eigenvalue weighted by atomic mass is 10.1. The molecule has 4 N–H and O–H groups in total. The average molecular weight is 357 g/mol. The quantitative estimate of drug-likeness (QED) is 0.355. The van der Waals surface area contributed by atoms with E-state index in [1.165, 1.54) is 49.6 Å². The highest BCUT2D eigenvalue weighted by Gasteiger charge is 2.21. The maximum Gasteiger partial charge on any atom is 0.328 e. The molecule has 7 nitrogen and oxygen atoms in total. The Kier molecular flexibility index (Phi) is 6.21. The lowest BCUT2D eigenvalue weighted by Crippen LogP contribution is -2.42. The van der Waals surface area contributed by atoms with Gasteiger partial charge >= 0.3 is 5.97 Å². The summed E-state index contributed by atoms with van der Waals surface area (Å²) in [5.74, 6) is -1.68. The molecule has 0 unspecified atom stereocenters. The first-order valence-electron chi connectivity index (χ1n) is 7.75. The number of amides is 1. The number of aromatic hydroxyl groups is 3. The van der Waals surface area contributed by atoms with Crippen LogP contribution in [0.15, 0.2) is 48.5 Å². The van der Waals surface area contributed by atoms with Gasteiger partial charge in [-0.2, -0.15) is 0 Å². The van der Waals surface area contributed by atoms with Crippen LogP contribution in [0.1, 0.15) is 11.1 Å². The van der Waals surface area contributed by atoms with E-state index in [1.54, 1.807) is 12.1 Å². The number of phenols is 3. The SMILES string of the molecule is COC(=O)[C@H](Cc1ccc(O)c(O)c1)NC(=O)/C=C/c1cccc(O)c1. The topological polar surface area (TPSA) is 116 Å². The van der Waals surface area contributed by atoms with E-state index in [9.17, 15) is 24.9 Å². The van der Waals surface area contributed by atoms with Crippen LogP contribution in [0.5, 0.6) is 17.2 Å². The normalized spacial score (nSPS) is 11.9. The van der Waals surface area contributed by atoms with Crippen molar-refractivity contribution in [2.24, 2.45) is 0 Å². The fourth-order valence-electron chi connectivity index (χ4n) is 2.29. The third-order valence-corrected chi connectivity index (χ3v) is 3.58. The molecule has 0 saturated carbocycles. The molecule has 2 aromatic rings. The summed E-state index contributed by atoms with van der Waals surface area (Å²) in [4.78, 5) is 24.0. The summed E-state index contributed by atoms with van der Waals surface area (Å²) in [6.45, 7) is 0. The molecular formula is C19H19NO6. The highest BCUT2D eigenvalue weighted by molar-refractivity contribution is 5.94. The third kappa shape index (κ3) is 5.27. The Balaban J connectivity index is 2.08. The standard InChI is InChI=1S/C19H19NO6/c1-26-19(25)15(10-13-5-7-16(22)17(23)11-13)20-18(24)8-6-12-3-2-4-14(21)9-12/h2-9,11,15,21-23H,10H2,1H3,(H,20,24)/b8-6+/t15-/m0/s1. The van der Waals surface area contributed by atoms with E-state index in [4.69, 9.17) is 4.74 Å². The van der Waals surface area contributed by atoms with E-state index in [1.807, 2.05) is 0 Å². The molecule has 2 aromatic carbocycles. The molecule has 0 saturated heterocycles. The van der Waals surface area contributed by atoms with Crippen LogP contribution in [0.4, 0.5) is 0 Å². The number of phenolic OH excluding ortho intramolecular Hbond substituents is 3. The average Bonchev–Trinajstić information content (AvgIpc) is 2.62. The van der Waals surface area contributed by atoms with Crippen LogP contribution in [0.3, 0.4) is 0 Å². The number of methoxy groups -OCH3 is 1. The largest absolute Gasteiger partial charge is 0.508 e. The summed E-state index contributed by atoms with van der Waals surface area (Å²) in [6, 6.07) is 9.51. The van der Waals surface area contributed by atoms with Gasteiger partial charge < -0.3 is 25.4 Å². The zero-order chi connectivity index (χ0) is 19.1. The van der Waals surface area contributed by atoms with Crippen molar-refractivity contribution in [2.75, 3.05) is 7.11 Å². The number of carbonyl (C=O) groups excluding carboxylic acids is 2. The smallest absolute Gasteiger partial charge is 0.328 e. The molecular weight excluding hydrogens is 338 g/mol. The van der Waals surface area contributed by atoms with Gasteiger partial charge in [-0.25, -0.2) is 4.79 Å². The number of hydrogen-bond donors (Lipinski definition) is 4. The number of rotatable bonds is 6. The van der Waals surface area contributed by atoms with E-state index in [-0.39, 0.29) is 23.7 Å². The monoisotopic (exact) mass is 357 g/mol. The van der Waals surface area contributed by atoms with Gasteiger partial charge in [0, 0.05) is 12.5 Å². The van der Waals surface area contributed by atoms with Crippen LogP contribution < -0.4 is 5.32 Å². The fourth-order valence-corrected chi connectivity index (χ4v) is 2.29. The van der Waals surface area contributed by atoms with E-state index in [0.717, 1.165) is 0 Å². The zero-order valence-electron chi connectivity index (χ0n) is 14.0. The van der Waals surface area contributed by atoms with Crippen LogP contribution >= 0.6 is 0 Å². The molecule has 0 spiro atoms. The van der Waals surface area contributed by atoms with Gasteiger partial charge in [-0.15, -0.1) is 0 Å². The first-order chi connectivity index (χ1) is 12.4. The minimum Gasteiger partial charge on any atom is -0.508 e. The van der Waals surface area contributed by atoms with E-state index in [0.29, 0.717) is 11.1 Å². The molecule has 2 rings (SSSR count). The highest BCUT2D eigenvalue weighted by Crippen LogP contribution is 2.25. The molecule has 136 valence electrons. The second kappa shape index (κ2) is 8.57. The van der Waals surface area contributed by atoms with Crippen LogP contribution in [-0.4, -0.2) is 40.3 Å². The summed E-state index contributed by atoms with van der Waals surface area (Å²) >= 11 is 0. The predicted molar refractivity (Wildman–Crippen MR) is 94.6 cm³/mol. The highest BCUT2D eigenvalue weighted by atomic mass is 16.5. The lowest BCUT2D eigenvalue weighted by molar-refractivity contribution is -0.144. The third-order valence-electron chi connectivity index (χ3n) is 3.58. The Labute approximate surface area is 150 Å². The van der Waals surface area contributed by atoms with Crippen LogP contribution in [0.25, 0.3) is 6.08 Å². The van der Waals surface area contributed by atoms with Crippen molar-refractivity contribution in [2.45, 2.75) is 12.5 Å². The predicted octanol–water partition coefficient (Wildman–Crippen LogP) is 1.72. The van der Waals surface area contributed by atoms with Crippen molar-refractivity contribution in [3.05, 3.63) is 59.7 Å². The molecule has 0 aliphatic rings. The van der Waals surface area contributed by atoms with Crippen LogP contribution in [0, 0.1) is 0 Å². The number of esters is 1. The zero-order valence-corrected chi connectivity index (χ0v) is 14.0. The summed E-state index contributed by atoms with van der Waals surface area (Å²) in [6.07, 6.45) is 2.81. The van der Waals surface area contributed by atoms with Crippen molar-refractivity contribution in [3.8, 4) is 17.2 Å². The van der Waals surface area contributed by atoms with E-state index >= 15 is 0 Å². The van der Waals surface area contributed by atoms with Gasteiger partial charge in [0.25, 0.3) is 0 Å². The Hall–Kier alpha value is -3.48. The van der Waals surface area contributed by atoms with Gasteiger partial charge in [0.2, 0.25) is 5.91 Å². The van der Waals surface area contributed by atoms with Gasteiger partial charge in [0.1, 0.15) is 11.8 Å². The second-order valence-corrected chi connectivity index (χ2v) is 5.54. The van der Waals surface area contributed by atoms with Gasteiger partial charge in [-0.05, 0) is 41.5 Å². The number of ether oxygens (including phenoxy) is 1. The molecule has 26 heavy (non-hydrogen) atoms. The maximum atomic E-state index is 12.1. The Morgan fingerprint density at radius 1 is 1.12 bits per heavy atom. The first-order valence-corrected chi connectivity index (χ1v) is 7.75. The number of hydrogen-bond acceptors (Lipinski definition) is 6. The Bertz CT molecular complexity index is 831. The molecule has 1 amide bonds. The minimum atomic E-state index is -0.967. The van der Waals surface area contributed by atoms with Gasteiger partial charge in [-0.3, -0.25) is 4.79 Å². The molecule has 0 heterocycles. The molecule has 0 fully saturated rings. The molecule has 0 aliphatic heterocycles. The van der Waals surface area contributed by atoms with Crippen molar-refractivity contribution in [1.82, 2.24) is 5.32 Å². The van der Waals surface area contributed by atoms with Crippen molar-refractivity contribution < 1.29 is 29.6 Å². The Morgan fingerprint density at radius 3 is 2.54 bits per heavy atom. The van der Waals surface area contributed by atoms with Crippen molar-refractivity contribution in [3.63, 3.8) is 0 Å². The summed E-state index contributed by atoms with van der Waals surface area (Å²) < 4.78 is 4.70. The minimum absolute atomic E-state index is 0.0756. The number of carbonyl (C=O) groups is 2. The molecule has 7 heteroatoms. The van der Waals surface area contributed by atoms with Gasteiger partial charge in [-0.1, -0.05) is 18.2 Å². The number of nitrogens with one attached hydrogen (secondary N) is 1. The van der Waals surface area contributed by atoms with Gasteiger partial charge in [0.05, 0.1) is 7.11 Å². The molecule has 0 bridgehead atoms. The Morgan fingerprint density at radius 2 is 1.88 bits per heavy atom. The van der Waals surface area contributed by atoms with Crippen LogP contribution in [-0.2, 0) is 20.7 Å². The van der Waals surface area contributed by atoms with E-state index in [2.05, 4.69) is 5.32 Å². The second-order valence-electron chi connectivity index (χ2n) is 5.54. The summed E-state index contributed by atoms with van der Waals surface area (Å²) in [5.41, 5.74) is 1.16. The van der Waals surface area contributed by atoms with Gasteiger partial charge in [0.15, 0.2) is 11.5 Å². The van der Waals surface area contributed by atoms with Crippen molar-refractivity contribution in [1.29, 1.82) is 0 Å². The molecule has 0 aromatic heterocycles.